The van der Waals surface area contributed by atoms with Crippen LogP contribution >= 0.6 is 0 Å². The molecular formula is C17H17N3O3. The van der Waals surface area contributed by atoms with Crippen molar-refractivity contribution in [2.45, 2.75) is 20.0 Å². The first kappa shape index (κ1) is 14.9. The summed E-state index contributed by atoms with van der Waals surface area (Å²) in [5.41, 5.74) is 2.45. The number of aromatic amines is 1. The SMILES string of the molecule is CC(C)Oc1ccc(Nc2nc3cc(C(=O)O)ccc3[nH]2)cc1. The number of aromatic carboxylic acids is 1. The van der Waals surface area contributed by atoms with Crippen molar-refractivity contribution in [2.24, 2.45) is 0 Å². The minimum atomic E-state index is -0.967. The van der Waals surface area contributed by atoms with E-state index in [0.29, 0.717) is 11.5 Å². The Labute approximate surface area is 133 Å². The van der Waals surface area contributed by atoms with Crippen molar-refractivity contribution in [3.63, 3.8) is 0 Å². The Kier molecular flexibility index (Phi) is 3.89. The van der Waals surface area contributed by atoms with Crippen LogP contribution < -0.4 is 10.1 Å². The summed E-state index contributed by atoms with van der Waals surface area (Å²) < 4.78 is 5.60. The van der Waals surface area contributed by atoms with Gasteiger partial charge in [-0.2, -0.15) is 0 Å². The summed E-state index contributed by atoms with van der Waals surface area (Å²) in [6.07, 6.45) is 0.132. The van der Waals surface area contributed by atoms with Gasteiger partial charge in [-0.1, -0.05) is 0 Å². The zero-order valence-electron chi connectivity index (χ0n) is 12.8. The highest BCUT2D eigenvalue weighted by molar-refractivity contribution is 5.92. The van der Waals surface area contributed by atoms with E-state index in [1.165, 1.54) is 0 Å². The van der Waals surface area contributed by atoms with Crippen molar-refractivity contribution in [3.05, 3.63) is 48.0 Å². The number of carbonyl (C=O) groups is 1. The first-order valence-electron chi connectivity index (χ1n) is 7.28. The Morgan fingerprint density at radius 3 is 2.61 bits per heavy atom. The van der Waals surface area contributed by atoms with Gasteiger partial charge in [0.25, 0.3) is 0 Å². The molecular weight excluding hydrogens is 294 g/mol. The minimum absolute atomic E-state index is 0.132. The third-order valence-electron chi connectivity index (χ3n) is 3.22. The molecule has 3 N–H and O–H groups in total. The van der Waals surface area contributed by atoms with Gasteiger partial charge < -0.3 is 20.1 Å². The van der Waals surface area contributed by atoms with E-state index < -0.39 is 5.97 Å². The summed E-state index contributed by atoms with van der Waals surface area (Å²) in [6, 6.07) is 12.3. The molecule has 0 aliphatic carbocycles. The summed E-state index contributed by atoms with van der Waals surface area (Å²) in [7, 11) is 0. The van der Waals surface area contributed by atoms with Gasteiger partial charge in [0.1, 0.15) is 5.75 Å². The topological polar surface area (TPSA) is 87.2 Å². The van der Waals surface area contributed by atoms with Gasteiger partial charge in [0, 0.05) is 5.69 Å². The van der Waals surface area contributed by atoms with Crippen LogP contribution in [-0.2, 0) is 0 Å². The summed E-state index contributed by atoms with van der Waals surface area (Å²) in [4.78, 5) is 18.5. The van der Waals surface area contributed by atoms with E-state index in [1.807, 2.05) is 38.1 Å². The molecule has 0 aliphatic heterocycles. The van der Waals surface area contributed by atoms with E-state index in [0.717, 1.165) is 17.0 Å². The number of nitrogens with zero attached hydrogens (tertiary/aromatic N) is 1. The summed E-state index contributed by atoms with van der Waals surface area (Å²) in [6.45, 7) is 3.96. The van der Waals surface area contributed by atoms with E-state index in [4.69, 9.17) is 9.84 Å². The van der Waals surface area contributed by atoms with E-state index in [2.05, 4.69) is 15.3 Å². The van der Waals surface area contributed by atoms with Crippen LogP contribution in [0.3, 0.4) is 0 Å². The predicted molar refractivity (Wildman–Crippen MR) is 88.5 cm³/mol. The van der Waals surface area contributed by atoms with Gasteiger partial charge in [-0.05, 0) is 56.3 Å². The normalized spacial score (nSPS) is 10.9. The molecule has 6 heteroatoms. The number of carboxylic acid groups (broad SMARTS) is 1. The molecule has 0 saturated heterocycles. The number of ether oxygens (including phenoxy) is 1. The second-order valence-corrected chi connectivity index (χ2v) is 5.44. The number of hydrogen-bond acceptors (Lipinski definition) is 4. The third-order valence-corrected chi connectivity index (χ3v) is 3.22. The fourth-order valence-corrected chi connectivity index (χ4v) is 2.22. The zero-order chi connectivity index (χ0) is 16.4. The lowest BCUT2D eigenvalue weighted by Gasteiger charge is -2.10. The van der Waals surface area contributed by atoms with Crippen LogP contribution in [0.4, 0.5) is 11.6 Å². The lowest BCUT2D eigenvalue weighted by Crippen LogP contribution is -2.05. The van der Waals surface area contributed by atoms with E-state index >= 15 is 0 Å². The van der Waals surface area contributed by atoms with E-state index in [9.17, 15) is 4.79 Å². The lowest BCUT2D eigenvalue weighted by molar-refractivity contribution is 0.0697. The minimum Gasteiger partial charge on any atom is -0.491 e. The van der Waals surface area contributed by atoms with Crippen LogP contribution in [0.5, 0.6) is 5.75 Å². The number of fused-ring (bicyclic) bond motifs is 1. The fraction of sp³-hybridized carbons (Fsp3) is 0.176. The smallest absolute Gasteiger partial charge is 0.335 e. The van der Waals surface area contributed by atoms with E-state index in [1.54, 1.807) is 18.2 Å². The molecule has 0 amide bonds. The Balaban J connectivity index is 1.79. The van der Waals surface area contributed by atoms with Gasteiger partial charge in [0.2, 0.25) is 5.95 Å². The highest BCUT2D eigenvalue weighted by Gasteiger charge is 2.08. The Hall–Kier alpha value is -3.02. The summed E-state index contributed by atoms with van der Waals surface area (Å²) in [5.74, 6) is 0.395. The molecule has 0 saturated carbocycles. The lowest BCUT2D eigenvalue weighted by atomic mass is 10.2. The van der Waals surface area contributed by atoms with Crippen molar-refractivity contribution in [2.75, 3.05) is 5.32 Å². The summed E-state index contributed by atoms with van der Waals surface area (Å²) >= 11 is 0. The number of carboxylic acids is 1. The molecule has 0 aliphatic rings. The first-order valence-corrected chi connectivity index (χ1v) is 7.28. The van der Waals surface area contributed by atoms with Crippen LogP contribution in [0.15, 0.2) is 42.5 Å². The number of hydrogen-bond donors (Lipinski definition) is 3. The average Bonchev–Trinajstić information content (AvgIpc) is 2.90. The van der Waals surface area contributed by atoms with Crippen LogP contribution in [-0.4, -0.2) is 27.1 Å². The number of imidazole rings is 1. The van der Waals surface area contributed by atoms with Crippen molar-refractivity contribution in [3.8, 4) is 5.75 Å². The molecule has 1 aromatic heterocycles. The van der Waals surface area contributed by atoms with Crippen LogP contribution in [0.1, 0.15) is 24.2 Å². The molecule has 118 valence electrons. The van der Waals surface area contributed by atoms with Gasteiger partial charge in [0.15, 0.2) is 0 Å². The van der Waals surface area contributed by atoms with Crippen LogP contribution in [0, 0.1) is 0 Å². The second kappa shape index (κ2) is 6.00. The molecule has 2 aromatic carbocycles. The van der Waals surface area contributed by atoms with Crippen LogP contribution in [0.2, 0.25) is 0 Å². The first-order chi connectivity index (χ1) is 11.0. The number of aromatic nitrogens is 2. The molecule has 0 unspecified atom stereocenters. The molecule has 3 rings (SSSR count). The molecule has 0 atom stereocenters. The maximum absolute atomic E-state index is 11.0. The zero-order valence-corrected chi connectivity index (χ0v) is 12.8. The molecule has 0 fully saturated rings. The number of rotatable bonds is 5. The van der Waals surface area contributed by atoms with Crippen molar-refractivity contribution in [1.29, 1.82) is 0 Å². The molecule has 0 radical (unpaired) electrons. The maximum Gasteiger partial charge on any atom is 0.335 e. The van der Waals surface area contributed by atoms with Crippen molar-refractivity contribution >= 4 is 28.6 Å². The molecule has 0 bridgehead atoms. The number of H-pyrrole nitrogens is 1. The molecule has 6 nitrogen and oxygen atoms in total. The standard InChI is InChI=1S/C17H17N3O3/c1-10(2)23-13-6-4-12(5-7-13)18-17-19-14-8-3-11(16(21)22)9-15(14)20-17/h3-10H,1-2H3,(H,21,22)(H2,18,19,20). The van der Waals surface area contributed by atoms with Crippen molar-refractivity contribution < 1.29 is 14.6 Å². The van der Waals surface area contributed by atoms with Gasteiger partial charge in [0.05, 0.1) is 22.7 Å². The molecule has 23 heavy (non-hydrogen) atoms. The van der Waals surface area contributed by atoms with Gasteiger partial charge in [-0.3, -0.25) is 0 Å². The second-order valence-electron chi connectivity index (χ2n) is 5.44. The number of anilines is 2. The number of benzene rings is 2. The fourth-order valence-electron chi connectivity index (χ4n) is 2.22. The van der Waals surface area contributed by atoms with Gasteiger partial charge in [-0.25, -0.2) is 9.78 Å². The Morgan fingerprint density at radius 2 is 1.96 bits per heavy atom. The van der Waals surface area contributed by atoms with Gasteiger partial charge >= 0.3 is 5.97 Å². The Morgan fingerprint density at radius 1 is 1.22 bits per heavy atom. The van der Waals surface area contributed by atoms with Gasteiger partial charge in [-0.15, -0.1) is 0 Å². The summed E-state index contributed by atoms with van der Waals surface area (Å²) in [5, 5.41) is 12.2. The third kappa shape index (κ3) is 3.42. The quantitative estimate of drug-likeness (QED) is 0.667. The average molecular weight is 311 g/mol. The number of nitrogens with one attached hydrogen (secondary N) is 2. The van der Waals surface area contributed by atoms with Crippen molar-refractivity contribution in [1.82, 2.24) is 9.97 Å². The Bertz CT molecular complexity index is 838. The predicted octanol–water partition coefficient (Wildman–Crippen LogP) is 3.79. The molecule has 1 heterocycles. The highest BCUT2D eigenvalue weighted by atomic mass is 16.5. The largest absolute Gasteiger partial charge is 0.491 e. The van der Waals surface area contributed by atoms with E-state index in [-0.39, 0.29) is 11.7 Å². The molecule has 3 aromatic rings. The van der Waals surface area contributed by atoms with Crippen LogP contribution in [0.25, 0.3) is 11.0 Å². The maximum atomic E-state index is 11.0. The molecule has 0 spiro atoms. The highest BCUT2D eigenvalue weighted by Crippen LogP contribution is 2.22. The monoisotopic (exact) mass is 311 g/mol.